The average Bonchev–Trinajstić information content (AvgIpc) is 2.83. The molecule has 0 radical (unpaired) electrons. The molecule has 16 nitrogen and oxygen atoms in total. The van der Waals surface area contributed by atoms with Gasteiger partial charge in [-0.25, -0.2) is 0 Å². The molecule has 3 rings (SSSR count). The highest BCUT2D eigenvalue weighted by Gasteiger charge is 2.51. The molecule has 210 valence electrons. The molecule has 0 bridgehead atoms. The number of rotatable bonds is 7. The van der Waals surface area contributed by atoms with Gasteiger partial charge in [-0.1, -0.05) is 0 Å². The number of aliphatic hydroxyl groups is 9. The van der Waals surface area contributed by atoms with E-state index in [-0.39, 0.29) is 0 Å². The van der Waals surface area contributed by atoms with Crippen molar-refractivity contribution in [1.82, 2.24) is 5.32 Å². The lowest BCUT2D eigenvalue weighted by Gasteiger charge is -2.47. The first-order chi connectivity index (χ1) is 16.9. The number of nitrogens with one attached hydrogen (secondary N) is 1. The molecule has 16 heteroatoms. The molecular formula is C20H35NO15. The molecule has 1 amide bonds. The molecular weight excluding hydrogens is 494 g/mol. The first-order valence-electron chi connectivity index (χ1n) is 11.4. The summed E-state index contributed by atoms with van der Waals surface area (Å²) < 4.78 is 27.2. The highest BCUT2D eigenvalue weighted by molar-refractivity contribution is 5.73. The lowest BCUT2D eigenvalue weighted by Crippen LogP contribution is -2.67. The highest BCUT2D eigenvalue weighted by Crippen LogP contribution is 2.30. The Morgan fingerprint density at radius 2 is 1.39 bits per heavy atom. The van der Waals surface area contributed by atoms with E-state index in [1.54, 1.807) is 0 Å². The smallest absolute Gasteiger partial charge is 0.217 e. The molecule has 0 aromatic rings. The number of carbonyl (C=O) groups is 1. The zero-order valence-corrected chi connectivity index (χ0v) is 19.5. The number of hydrogen-bond acceptors (Lipinski definition) is 15. The first-order valence-corrected chi connectivity index (χ1v) is 11.4. The van der Waals surface area contributed by atoms with E-state index < -0.39 is 111 Å². The van der Waals surface area contributed by atoms with Gasteiger partial charge in [-0.15, -0.1) is 0 Å². The molecule has 3 aliphatic rings. The number of ether oxygens (including phenoxy) is 5. The summed E-state index contributed by atoms with van der Waals surface area (Å²) in [5, 5.41) is 93.2. The third kappa shape index (κ3) is 6.13. The van der Waals surface area contributed by atoms with E-state index >= 15 is 0 Å². The van der Waals surface area contributed by atoms with Crippen LogP contribution in [0, 0.1) is 0 Å². The van der Waals surface area contributed by atoms with Gasteiger partial charge in [-0.3, -0.25) is 4.79 Å². The number of amides is 1. The van der Waals surface area contributed by atoms with E-state index in [4.69, 9.17) is 23.7 Å². The Hall–Kier alpha value is -1.09. The van der Waals surface area contributed by atoms with Gasteiger partial charge in [-0.2, -0.15) is 0 Å². The standard InChI is InChI=1S/C20H35NO15/c1-5-10(24)13(27)15(29)19(33-5)32-4-8-17(12(26)9(18(31)34-8)21-6(2)23)36-20-16(30)14(28)11(25)7(3-22)35-20/h5,7-20,22,24-31H,3-4H2,1-2H3,(H,21,23)/t5-,7+,8+,9+,10+,11-,12+,13+,14-,15-,16+,17+,18+,19+,20-/m0/s1. The monoisotopic (exact) mass is 529 g/mol. The maximum Gasteiger partial charge on any atom is 0.217 e. The van der Waals surface area contributed by atoms with Crippen LogP contribution in [0.1, 0.15) is 13.8 Å². The summed E-state index contributed by atoms with van der Waals surface area (Å²) in [6.45, 7) is 1.28. The van der Waals surface area contributed by atoms with Gasteiger partial charge < -0.3 is 75.0 Å². The Morgan fingerprint density at radius 3 is 2.00 bits per heavy atom. The summed E-state index contributed by atoms with van der Waals surface area (Å²) in [5.41, 5.74) is 0. The molecule has 0 saturated carbocycles. The summed E-state index contributed by atoms with van der Waals surface area (Å²) in [6, 6.07) is -1.40. The van der Waals surface area contributed by atoms with Crippen molar-refractivity contribution in [3.63, 3.8) is 0 Å². The molecule has 0 aromatic carbocycles. The van der Waals surface area contributed by atoms with Crippen molar-refractivity contribution in [2.24, 2.45) is 0 Å². The zero-order chi connectivity index (χ0) is 26.9. The fourth-order valence-corrected chi connectivity index (χ4v) is 4.30. The van der Waals surface area contributed by atoms with Gasteiger partial charge in [-0.05, 0) is 6.92 Å². The minimum Gasteiger partial charge on any atom is -0.394 e. The second kappa shape index (κ2) is 12.2. The Labute approximate surface area is 205 Å². The third-order valence-electron chi connectivity index (χ3n) is 6.44. The number of carbonyl (C=O) groups excluding carboxylic acids is 1. The van der Waals surface area contributed by atoms with E-state index in [0.29, 0.717) is 0 Å². The van der Waals surface area contributed by atoms with E-state index in [1.165, 1.54) is 6.92 Å². The van der Waals surface area contributed by atoms with Gasteiger partial charge in [0.15, 0.2) is 18.9 Å². The van der Waals surface area contributed by atoms with E-state index in [2.05, 4.69) is 5.32 Å². The van der Waals surface area contributed by atoms with Crippen LogP contribution >= 0.6 is 0 Å². The SMILES string of the molecule is CC(=O)N[C@@H]1[C@@H](O)[C@H](O[C@@H]2O[C@H](CO)[C@H](O)[C@H](O)[C@H]2O)[C@@H](CO[C@@H]2O[C@@H](C)[C@@H](O)[C@@H](O)[C@@H]2O)O[C@H]1O. The minimum absolute atomic E-state index is 0.541. The topological polar surface area (TPSA) is 257 Å². The average molecular weight is 529 g/mol. The molecule has 0 spiro atoms. The van der Waals surface area contributed by atoms with Crippen molar-refractivity contribution in [3.8, 4) is 0 Å². The Morgan fingerprint density at radius 1 is 0.778 bits per heavy atom. The molecule has 3 saturated heterocycles. The second-order valence-electron chi connectivity index (χ2n) is 9.09. The predicted molar refractivity (Wildman–Crippen MR) is 111 cm³/mol. The van der Waals surface area contributed by atoms with E-state index in [0.717, 1.165) is 6.92 Å². The van der Waals surface area contributed by atoms with Crippen LogP contribution < -0.4 is 5.32 Å². The molecule has 0 aliphatic carbocycles. The van der Waals surface area contributed by atoms with Gasteiger partial charge in [0.2, 0.25) is 5.91 Å². The normalized spacial score (nSPS) is 50.0. The van der Waals surface area contributed by atoms with Crippen molar-refractivity contribution < 1.29 is 74.4 Å². The van der Waals surface area contributed by atoms with Gasteiger partial charge in [0.1, 0.15) is 67.1 Å². The van der Waals surface area contributed by atoms with Crippen molar-refractivity contribution in [2.75, 3.05) is 13.2 Å². The number of aliphatic hydroxyl groups excluding tert-OH is 9. The molecule has 10 N–H and O–H groups in total. The Balaban J connectivity index is 1.78. The van der Waals surface area contributed by atoms with Crippen LogP contribution in [0.3, 0.4) is 0 Å². The maximum absolute atomic E-state index is 11.6. The van der Waals surface area contributed by atoms with Crippen molar-refractivity contribution in [1.29, 1.82) is 0 Å². The van der Waals surface area contributed by atoms with Gasteiger partial charge >= 0.3 is 0 Å². The van der Waals surface area contributed by atoms with Crippen LogP contribution in [0.25, 0.3) is 0 Å². The molecule has 3 aliphatic heterocycles. The second-order valence-corrected chi connectivity index (χ2v) is 9.09. The van der Waals surface area contributed by atoms with Crippen molar-refractivity contribution >= 4 is 5.91 Å². The van der Waals surface area contributed by atoms with Gasteiger partial charge in [0.25, 0.3) is 0 Å². The fourth-order valence-electron chi connectivity index (χ4n) is 4.30. The van der Waals surface area contributed by atoms with Crippen molar-refractivity contribution in [2.45, 2.75) is 106 Å². The zero-order valence-electron chi connectivity index (χ0n) is 19.5. The Bertz CT molecular complexity index is 729. The lowest BCUT2D eigenvalue weighted by atomic mass is 9.95. The quantitative estimate of drug-likeness (QED) is 0.147. The summed E-state index contributed by atoms with van der Waals surface area (Å²) >= 11 is 0. The maximum atomic E-state index is 11.6. The first kappa shape index (κ1) is 29.5. The molecule has 3 fully saturated rings. The predicted octanol–water partition coefficient (Wildman–Crippen LogP) is -6.40. The highest BCUT2D eigenvalue weighted by atomic mass is 16.7. The summed E-state index contributed by atoms with van der Waals surface area (Å²) in [6.07, 6.45) is -21.6. The lowest BCUT2D eigenvalue weighted by molar-refractivity contribution is -0.353. The van der Waals surface area contributed by atoms with Crippen LogP contribution in [-0.4, -0.2) is 157 Å². The van der Waals surface area contributed by atoms with Crippen LogP contribution in [0.5, 0.6) is 0 Å². The van der Waals surface area contributed by atoms with E-state index in [1.807, 2.05) is 0 Å². The van der Waals surface area contributed by atoms with Gasteiger partial charge in [0, 0.05) is 6.92 Å². The summed E-state index contributed by atoms with van der Waals surface area (Å²) in [7, 11) is 0. The molecule has 0 unspecified atom stereocenters. The molecule has 15 atom stereocenters. The Kier molecular flexibility index (Phi) is 9.97. The molecule has 3 heterocycles. The number of hydrogen-bond donors (Lipinski definition) is 10. The summed E-state index contributed by atoms with van der Waals surface area (Å²) in [4.78, 5) is 11.6. The van der Waals surface area contributed by atoms with Crippen LogP contribution in [0.15, 0.2) is 0 Å². The van der Waals surface area contributed by atoms with Crippen LogP contribution in [0.2, 0.25) is 0 Å². The molecule has 0 aromatic heterocycles. The van der Waals surface area contributed by atoms with Gasteiger partial charge in [0.05, 0.1) is 19.3 Å². The van der Waals surface area contributed by atoms with Crippen LogP contribution in [-0.2, 0) is 28.5 Å². The fraction of sp³-hybridized carbons (Fsp3) is 0.950. The molecule has 36 heavy (non-hydrogen) atoms. The summed E-state index contributed by atoms with van der Waals surface area (Å²) in [5.74, 6) is -0.622. The minimum atomic E-state index is -1.83. The van der Waals surface area contributed by atoms with Crippen molar-refractivity contribution in [3.05, 3.63) is 0 Å². The van der Waals surface area contributed by atoms with E-state index in [9.17, 15) is 50.8 Å². The van der Waals surface area contributed by atoms with Crippen LogP contribution in [0.4, 0.5) is 0 Å². The largest absolute Gasteiger partial charge is 0.394 e. The third-order valence-corrected chi connectivity index (χ3v) is 6.44.